The van der Waals surface area contributed by atoms with Crippen molar-refractivity contribution in [3.8, 4) is 5.75 Å². The Kier molecular flexibility index (Phi) is 5.81. The molecule has 3 aromatic carbocycles. The summed E-state index contributed by atoms with van der Waals surface area (Å²) in [4.78, 5) is 17.1. The quantitative estimate of drug-likeness (QED) is 0.571. The van der Waals surface area contributed by atoms with E-state index in [-0.39, 0.29) is 5.91 Å². The van der Waals surface area contributed by atoms with Gasteiger partial charge in [0.2, 0.25) is 5.91 Å². The summed E-state index contributed by atoms with van der Waals surface area (Å²) in [5.41, 5.74) is 2.40. The van der Waals surface area contributed by atoms with E-state index in [9.17, 15) is 4.79 Å². The second kappa shape index (κ2) is 8.66. The first-order valence-corrected chi connectivity index (χ1v) is 10.2. The Morgan fingerprint density at radius 3 is 2.38 bits per heavy atom. The first-order chi connectivity index (χ1) is 14.1. The standard InChI is InChI=1S/C25H28N2O2/c1-26(16-20-8-9-22-15-24(29-2)13-10-21(22)14-20)25(28)18-27(23-11-12-23)17-19-6-4-3-5-7-19/h3-10,13-15,23H,11-12,16-18H2,1-2H3. The number of fused-ring (bicyclic) bond motifs is 1. The van der Waals surface area contributed by atoms with Crippen molar-refractivity contribution in [2.45, 2.75) is 32.0 Å². The average molecular weight is 389 g/mol. The predicted octanol–water partition coefficient (Wildman–Crippen LogP) is 4.47. The smallest absolute Gasteiger partial charge is 0.236 e. The van der Waals surface area contributed by atoms with Crippen molar-refractivity contribution in [3.05, 3.63) is 77.9 Å². The van der Waals surface area contributed by atoms with E-state index in [1.165, 1.54) is 18.4 Å². The second-order valence-electron chi connectivity index (χ2n) is 7.92. The van der Waals surface area contributed by atoms with Crippen LogP contribution >= 0.6 is 0 Å². The van der Waals surface area contributed by atoms with Crippen LogP contribution in [0.4, 0.5) is 0 Å². The van der Waals surface area contributed by atoms with Crippen LogP contribution in [0.15, 0.2) is 66.7 Å². The van der Waals surface area contributed by atoms with E-state index >= 15 is 0 Å². The van der Waals surface area contributed by atoms with Gasteiger partial charge in [0.05, 0.1) is 13.7 Å². The zero-order valence-corrected chi connectivity index (χ0v) is 17.2. The van der Waals surface area contributed by atoms with Crippen molar-refractivity contribution in [1.29, 1.82) is 0 Å². The third-order valence-electron chi connectivity index (χ3n) is 5.59. The van der Waals surface area contributed by atoms with Crippen molar-refractivity contribution in [2.24, 2.45) is 0 Å². The lowest BCUT2D eigenvalue weighted by Gasteiger charge is -2.25. The van der Waals surface area contributed by atoms with Gasteiger partial charge in [0.1, 0.15) is 5.75 Å². The van der Waals surface area contributed by atoms with Gasteiger partial charge < -0.3 is 9.64 Å². The summed E-state index contributed by atoms with van der Waals surface area (Å²) >= 11 is 0. The van der Waals surface area contributed by atoms with Crippen LogP contribution in [0.2, 0.25) is 0 Å². The molecule has 150 valence electrons. The molecule has 0 saturated heterocycles. The maximum atomic E-state index is 12.9. The molecule has 4 rings (SSSR count). The summed E-state index contributed by atoms with van der Waals surface area (Å²) < 4.78 is 5.29. The Bertz CT molecular complexity index is 983. The van der Waals surface area contributed by atoms with Gasteiger partial charge in [-0.2, -0.15) is 0 Å². The highest BCUT2D eigenvalue weighted by molar-refractivity contribution is 5.84. The maximum Gasteiger partial charge on any atom is 0.236 e. The number of nitrogens with zero attached hydrogens (tertiary/aromatic N) is 2. The van der Waals surface area contributed by atoms with Crippen molar-refractivity contribution in [3.63, 3.8) is 0 Å². The molecule has 0 heterocycles. The predicted molar refractivity (Wildman–Crippen MR) is 117 cm³/mol. The van der Waals surface area contributed by atoms with Gasteiger partial charge in [-0.25, -0.2) is 0 Å². The highest BCUT2D eigenvalue weighted by atomic mass is 16.5. The number of hydrogen-bond donors (Lipinski definition) is 0. The fourth-order valence-electron chi connectivity index (χ4n) is 3.73. The van der Waals surface area contributed by atoms with E-state index in [0.29, 0.717) is 19.1 Å². The van der Waals surface area contributed by atoms with Crippen LogP contribution < -0.4 is 4.74 Å². The first kappa shape index (κ1) is 19.5. The number of likely N-dealkylation sites (N-methyl/N-ethyl adjacent to an activating group) is 1. The Balaban J connectivity index is 1.40. The van der Waals surface area contributed by atoms with Crippen LogP contribution in [0.5, 0.6) is 5.75 Å². The Labute approximate surface area is 172 Å². The molecule has 0 bridgehead atoms. The van der Waals surface area contributed by atoms with Gasteiger partial charge >= 0.3 is 0 Å². The van der Waals surface area contributed by atoms with Crippen molar-refractivity contribution >= 4 is 16.7 Å². The summed E-state index contributed by atoms with van der Waals surface area (Å²) in [6, 6.07) is 23.4. The van der Waals surface area contributed by atoms with Gasteiger partial charge in [-0.1, -0.05) is 48.5 Å². The molecule has 0 aliphatic heterocycles. The fourth-order valence-corrected chi connectivity index (χ4v) is 3.73. The summed E-state index contributed by atoms with van der Waals surface area (Å²) in [6.07, 6.45) is 2.38. The molecular weight excluding hydrogens is 360 g/mol. The van der Waals surface area contributed by atoms with Gasteiger partial charge in [0.15, 0.2) is 0 Å². The van der Waals surface area contributed by atoms with Crippen LogP contribution in [0, 0.1) is 0 Å². The molecule has 1 aliphatic rings. The van der Waals surface area contributed by atoms with E-state index in [1.807, 2.05) is 30.1 Å². The number of rotatable bonds is 8. The topological polar surface area (TPSA) is 32.8 Å². The minimum atomic E-state index is 0.169. The zero-order valence-electron chi connectivity index (χ0n) is 17.2. The molecule has 1 amide bonds. The molecule has 0 N–H and O–H groups in total. The van der Waals surface area contributed by atoms with Gasteiger partial charge in [-0.3, -0.25) is 9.69 Å². The van der Waals surface area contributed by atoms with Gasteiger partial charge in [-0.05, 0) is 52.9 Å². The Morgan fingerprint density at radius 1 is 0.931 bits per heavy atom. The normalized spacial score (nSPS) is 13.6. The molecule has 3 aromatic rings. The fraction of sp³-hybridized carbons (Fsp3) is 0.320. The molecule has 29 heavy (non-hydrogen) atoms. The summed E-state index contributed by atoms with van der Waals surface area (Å²) in [6.45, 7) is 1.92. The van der Waals surface area contributed by atoms with E-state index < -0.39 is 0 Å². The number of ether oxygens (including phenoxy) is 1. The number of carbonyl (C=O) groups excluding carboxylic acids is 1. The largest absolute Gasteiger partial charge is 0.497 e. The average Bonchev–Trinajstić information content (AvgIpc) is 3.59. The Morgan fingerprint density at radius 2 is 1.66 bits per heavy atom. The molecule has 4 nitrogen and oxygen atoms in total. The lowest BCUT2D eigenvalue weighted by atomic mass is 10.1. The van der Waals surface area contributed by atoms with Gasteiger partial charge in [-0.15, -0.1) is 0 Å². The van der Waals surface area contributed by atoms with E-state index in [2.05, 4.69) is 53.4 Å². The lowest BCUT2D eigenvalue weighted by Crippen LogP contribution is -2.38. The minimum Gasteiger partial charge on any atom is -0.497 e. The zero-order chi connectivity index (χ0) is 20.2. The summed E-state index contributed by atoms with van der Waals surface area (Å²) in [5.74, 6) is 1.03. The second-order valence-corrected chi connectivity index (χ2v) is 7.92. The molecule has 0 radical (unpaired) electrons. The van der Waals surface area contributed by atoms with Crippen LogP contribution in [-0.2, 0) is 17.9 Å². The van der Waals surface area contributed by atoms with E-state index in [4.69, 9.17) is 4.74 Å². The number of hydrogen-bond acceptors (Lipinski definition) is 3. The number of methoxy groups -OCH3 is 1. The van der Waals surface area contributed by atoms with Gasteiger partial charge in [0, 0.05) is 26.2 Å². The molecule has 0 unspecified atom stereocenters. The molecule has 1 saturated carbocycles. The van der Waals surface area contributed by atoms with Gasteiger partial charge in [0.25, 0.3) is 0 Å². The summed E-state index contributed by atoms with van der Waals surface area (Å²) in [7, 11) is 3.58. The summed E-state index contributed by atoms with van der Waals surface area (Å²) in [5, 5.41) is 2.30. The molecular formula is C25H28N2O2. The number of carbonyl (C=O) groups is 1. The Hall–Kier alpha value is -2.85. The third-order valence-corrected chi connectivity index (χ3v) is 5.59. The SMILES string of the molecule is COc1ccc2cc(CN(C)C(=O)CN(Cc3ccccc3)C3CC3)ccc2c1. The van der Waals surface area contributed by atoms with Crippen molar-refractivity contribution in [2.75, 3.05) is 20.7 Å². The number of benzene rings is 3. The monoisotopic (exact) mass is 388 g/mol. The molecule has 0 spiro atoms. The third kappa shape index (κ3) is 4.96. The molecule has 0 atom stereocenters. The highest BCUT2D eigenvalue weighted by Gasteiger charge is 2.30. The first-order valence-electron chi connectivity index (χ1n) is 10.2. The van der Waals surface area contributed by atoms with Crippen molar-refractivity contribution < 1.29 is 9.53 Å². The molecule has 1 fully saturated rings. The minimum absolute atomic E-state index is 0.169. The molecule has 1 aliphatic carbocycles. The van der Waals surface area contributed by atoms with Crippen LogP contribution in [-0.4, -0.2) is 42.5 Å². The van der Waals surface area contributed by atoms with Crippen LogP contribution in [0.25, 0.3) is 10.8 Å². The van der Waals surface area contributed by atoms with E-state index in [0.717, 1.165) is 28.6 Å². The maximum absolute atomic E-state index is 12.9. The number of amides is 1. The van der Waals surface area contributed by atoms with Crippen LogP contribution in [0.1, 0.15) is 24.0 Å². The van der Waals surface area contributed by atoms with Crippen molar-refractivity contribution in [1.82, 2.24) is 9.80 Å². The lowest BCUT2D eigenvalue weighted by molar-refractivity contribution is -0.132. The van der Waals surface area contributed by atoms with Crippen LogP contribution in [0.3, 0.4) is 0 Å². The highest BCUT2D eigenvalue weighted by Crippen LogP contribution is 2.28. The van der Waals surface area contributed by atoms with E-state index in [1.54, 1.807) is 7.11 Å². The molecule has 4 heteroatoms. The molecule has 0 aromatic heterocycles.